The van der Waals surface area contributed by atoms with Crippen LogP contribution in [0.5, 0.6) is 0 Å². The fraction of sp³-hybridized carbons (Fsp3) is 0.588. The minimum absolute atomic E-state index is 0.00497. The summed E-state index contributed by atoms with van der Waals surface area (Å²) in [6, 6.07) is 0. The zero-order chi connectivity index (χ0) is 17.8. The molecule has 3 rings (SSSR count). The molecule has 0 amide bonds. The monoisotopic (exact) mass is 346 g/mol. The number of ether oxygens (including phenoxy) is 1. The van der Waals surface area contributed by atoms with Crippen molar-refractivity contribution >= 4 is 5.96 Å². The van der Waals surface area contributed by atoms with Crippen LogP contribution in [0.2, 0.25) is 0 Å². The first-order valence-electron chi connectivity index (χ1n) is 8.63. The number of nitrogens with one attached hydrogen (secondary N) is 1. The van der Waals surface area contributed by atoms with Crippen LogP contribution < -0.4 is 5.32 Å². The molecule has 1 saturated heterocycles. The van der Waals surface area contributed by atoms with E-state index in [2.05, 4.69) is 27.4 Å². The summed E-state index contributed by atoms with van der Waals surface area (Å²) in [5, 5.41) is 11.6. The van der Waals surface area contributed by atoms with E-state index in [1.54, 1.807) is 4.68 Å². The second-order valence-corrected chi connectivity index (χ2v) is 6.23. The average Bonchev–Trinajstić information content (AvgIpc) is 3.18. The first kappa shape index (κ1) is 17.5. The van der Waals surface area contributed by atoms with E-state index in [0.717, 1.165) is 48.2 Å². The summed E-state index contributed by atoms with van der Waals surface area (Å²) < 4.78 is 12.9. The van der Waals surface area contributed by atoms with Crippen LogP contribution in [0.3, 0.4) is 0 Å². The largest absolute Gasteiger partial charge is 0.370 e. The molecule has 0 spiro atoms. The van der Waals surface area contributed by atoms with E-state index in [4.69, 9.17) is 14.3 Å². The van der Waals surface area contributed by atoms with Gasteiger partial charge in [0, 0.05) is 37.5 Å². The van der Waals surface area contributed by atoms with E-state index in [1.807, 2.05) is 33.3 Å². The molecule has 25 heavy (non-hydrogen) atoms. The van der Waals surface area contributed by atoms with Crippen molar-refractivity contribution in [2.45, 2.75) is 33.4 Å². The molecule has 136 valence electrons. The summed E-state index contributed by atoms with van der Waals surface area (Å²) in [4.78, 5) is 7.03. The number of aryl methyl sites for hydroxylation is 3. The molecule has 0 aromatic carbocycles. The highest BCUT2D eigenvalue weighted by Gasteiger charge is 2.25. The second-order valence-electron chi connectivity index (χ2n) is 6.23. The fourth-order valence-electron chi connectivity index (χ4n) is 2.96. The molecule has 1 fully saturated rings. The Hall–Kier alpha value is -2.35. The zero-order valence-corrected chi connectivity index (χ0v) is 15.3. The van der Waals surface area contributed by atoms with Crippen LogP contribution in [0.15, 0.2) is 21.9 Å². The third-order valence-corrected chi connectivity index (χ3v) is 4.37. The quantitative estimate of drug-likeness (QED) is 0.668. The van der Waals surface area contributed by atoms with Crippen LogP contribution in [0.1, 0.15) is 35.6 Å². The lowest BCUT2D eigenvalue weighted by molar-refractivity contribution is -0.00805. The summed E-state index contributed by atoms with van der Waals surface area (Å²) in [6.07, 6.45) is 3.87. The summed E-state index contributed by atoms with van der Waals surface area (Å²) in [7, 11) is 1.92. The number of hydrogen-bond acceptors (Lipinski definition) is 5. The van der Waals surface area contributed by atoms with E-state index in [0.29, 0.717) is 13.2 Å². The Bertz CT molecular complexity index is 716. The Morgan fingerprint density at radius 3 is 2.92 bits per heavy atom. The maximum absolute atomic E-state index is 5.92. The van der Waals surface area contributed by atoms with Gasteiger partial charge in [-0.3, -0.25) is 4.68 Å². The maximum atomic E-state index is 5.92. The minimum Gasteiger partial charge on any atom is -0.370 e. The molecular weight excluding hydrogens is 320 g/mol. The van der Waals surface area contributed by atoms with E-state index in [1.165, 1.54) is 0 Å². The van der Waals surface area contributed by atoms with Gasteiger partial charge in [0.1, 0.15) is 11.9 Å². The molecule has 2 aromatic rings. The standard InChI is InChI=1S/C17H26N6O2/c1-5-18-17(19-9-15-12(2)21-25-13(15)3)23-6-7-24-16(11-23)14-8-20-22(4)10-14/h8,10,16H,5-7,9,11H2,1-4H3,(H,18,19). The Morgan fingerprint density at radius 1 is 1.44 bits per heavy atom. The van der Waals surface area contributed by atoms with Crippen LogP contribution in [0.25, 0.3) is 0 Å². The van der Waals surface area contributed by atoms with Crippen LogP contribution in [0, 0.1) is 13.8 Å². The van der Waals surface area contributed by atoms with Crippen molar-refractivity contribution in [2.24, 2.45) is 12.0 Å². The van der Waals surface area contributed by atoms with Crippen LogP contribution in [-0.2, 0) is 18.3 Å². The fourth-order valence-corrected chi connectivity index (χ4v) is 2.96. The number of rotatable bonds is 4. The average molecular weight is 346 g/mol. The van der Waals surface area contributed by atoms with Gasteiger partial charge < -0.3 is 19.5 Å². The lowest BCUT2D eigenvalue weighted by Gasteiger charge is -2.34. The molecule has 1 N–H and O–H groups in total. The SMILES string of the molecule is CCNC(=NCc1c(C)noc1C)N1CCOC(c2cnn(C)c2)C1. The maximum Gasteiger partial charge on any atom is 0.194 e. The smallest absolute Gasteiger partial charge is 0.194 e. The number of hydrogen-bond donors (Lipinski definition) is 1. The highest BCUT2D eigenvalue weighted by Crippen LogP contribution is 2.22. The summed E-state index contributed by atoms with van der Waals surface area (Å²) in [5.74, 6) is 1.71. The molecule has 2 aromatic heterocycles. The van der Waals surface area contributed by atoms with Gasteiger partial charge in [0.05, 0.1) is 31.6 Å². The molecular formula is C17H26N6O2. The van der Waals surface area contributed by atoms with Crippen molar-refractivity contribution in [1.82, 2.24) is 25.2 Å². The molecule has 0 saturated carbocycles. The van der Waals surface area contributed by atoms with E-state index in [9.17, 15) is 0 Å². The molecule has 3 heterocycles. The molecule has 1 aliphatic rings. The third kappa shape index (κ3) is 4.01. The van der Waals surface area contributed by atoms with Gasteiger partial charge in [-0.25, -0.2) is 4.99 Å². The van der Waals surface area contributed by atoms with E-state index in [-0.39, 0.29) is 6.10 Å². The number of aromatic nitrogens is 3. The first-order valence-corrected chi connectivity index (χ1v) is 8.63. The molecule has 8 heteroatoms. The van der Waals surface area contributed by atoms with Crippen LogP contribution in [0.4, 0.5) is 0 Å². The molecule has 0 bridgehead atoms. The Kier molecular flexibility index (Phi) is 5.37. The van der Waals surface area contributed by atoms with Gasteiger partial charge in [-0.15, -0.1) is 0 Å². The van der Waals surface area contributed by atoms with Crippen molar-refractivity contribution in [3.05, 3.63) is 35.0 Å². The van der Waals surface area contributed by atoms with Crippen LogP contribution >= 0.6 is 0 Å². The molecule has 8 nitrogen and oxygen atoms in total. The zero-order valence-electron chi connectivity index (χ0n) is 15.3. The predicted molar refractivity (Wildman–Crippen MR) is 94.3 cm³/mol. The lowest BCUT2D eigenvalue weighted by Crippen LogP contribution is -2.48. The number of aliphatic imine (C=N–C) groups is 1. The number of morpholine rings is 1. The summed E-state index contributed by atoms with van der Waals surface area (Å²) in [6.45, 7) is 9.53. The number of nitrogens with zero attached hydrogens (tertiary/aromatic N) is 5. The third-order valence-electron chi connectivity index (χ3n) is 4.37. The molecule has 1 unspecified atom stereocenters. The molecule has 1 aliphatic heterocycles. The molecule has 1 atom stereocenters. The highest BCUT2D eigenvalue weighted by molar-refractivity contribution is 5.80. The Morgan fingerprint density at radius 2 is 2.28 bits per heavy atom. The van der Waals surface area contributed by atoms with Gasteiger partial charge in [-0.1, -0.05) is 5.16 Å². The lowest BCUT2D eigenvalue weighted by atomic mass is 10.1. The van der Waals surface area contributed by atoms with Gasteiger partial charge >= 0.3 is 0 Å². The topological polar surface area (TPSA) is 80.7 Å². The normalized spacial score (nSPS) is 18.6. The molecule has 0 radical (unpaired) electrons. The van der Waals surface area contributed by atoms with Gasteiger partial charge in [-0.2, -0.15) is 5.10 Å². The van der Waals surface area contributed by atoms with Crippen molar-refractivity contribution in [1.29, 1.82) is 0 Å². The second kappa shape index (κ2) is 7.69. The van der Waals surface area contributed by atoms with Crippen molar-refractivity contribution in [3.63, 3.8) is 0 Å². The first-order chi connectivity index (χ1) is 12.1. The number of guanidine groups is 1. The predicted octanol–water partition coefficient (Wildman–Crippen LogP) is 1.56. The van der Waals surface area contributed by atoms with Gasteiger partial charge in [-0.05, 0) is 20.8 Å². The Balaban J connectivity index is 1.74. The van der Waals surface area contributed by atoms with Gasteiger partial charge in [0.25, 0.3) is 0 Å². The summed E-state index contributed by atoms with van der Waals surface area (Å²) >= 11 is 0. The minimum atomic E-state index is 0.00497. The molecule has 0 aliphatic carbocycles. The van der Waals surface area contributed by atoms with Crippen molar-refractivity contribution in [3.8, 4) is 0 Å². The van der Waals surface area contributed by atoms with Crippen LogP contribution in [-0.4, -0.2) is 52.0 Å². The van der Waals surface area contributed by atoms with E-state index >= 15 is 0 Å². The van der Waals surface area contributed by atoms with Crippen molar-refractivity contribution in [2.75, 3.05) is 26.2 Å². The van der Waals surface area contributed by atoms with E-state index < -0.39 is 0 Å². The van der Waals surface area contributed by atoms with Crippen molar-refractivity contribution < 1.29 is 9.26 Å². The summed E-state index contributed by atoms with van der Waals surface area (Å²) in [5.41, 5.74) is 3.04. The Labute approximate surface area is 147 Å². The highest BCUT2D eigenvalue weighted by atomic mass is 16.5. The van der Waals surface area contributed by atoms with Gasteiger partial charge in [0.2, 0.25) is 0 Å². The van der Waals surface area contributed by atoms with Gasteiger partial charge in [0.15, 0.2) is 5.96 Å².